The van der Waals surface area contributed by atoms with Gasteiger partial charge in [0.2, 0.25) is 0 Å². The van der Waals surface area contributed by atoms with E-state index in [1.54, 1.807) is 0 Å². The number of carbonyl (C=O) groups is 2. The van der Waals surface area contributed by atoms with Crippen LogP contribution in [0.2, 0.25) is 0 Å². The first kappa shape index (κ1) is 14.7. The smallest absolute Gasteiger partial charge is 0.354 e. The Morgan fingerprint density at radius 1 is 1.14 bits per heavy atom. The molecular formula is C16H16N2O3. The molecule has 0 unspecified atom stereocenters. The molecule has 1 aromatic heterocycles. The Labute approximate surface area is 122 Å². The van der Waals surface area contributed by atoms with Gasteiger partial charge in [-0.2, -0.15) is 0 Å². The summed E-state index contributed by atoms with van der Waals surface area (Å²) < 4.78 is 0. The van der Waals surface area contributed by atoms with Crippen LogP contribution in [-0.2, 0) is 6.42 Å². The van der Waals surface area contributed by atoms with Crippen molar-refractivity contribution in [3.8, 4) is 0 Å². The highest BCUT2D eigenvalue weighted by molar-refractivity contribution is 5.94. The summed E-state index contributed by atoms with van der Waals surface area (Å²) in [5, 5.41) is 11.6. The number of amides is 1. The van der Waals surface area contributed by atoms with Gasteiger partial charge in [0.1, 0.15) is 11.4 Å². The van der Waals surface area contributed by atoms with E-state index in [1.165, 1.54) is 23.8 Å². The Kier molecular flexibility index (Phi) is 4.66. The van der Waals surface area contributed by atoms with E-state index in [9.17, 15) is 9.59 Å². The molecule has 0 saturated heterocycles. The fourth-order valence-corrected chi connectivity index (χ4v) is 1.96. The fourth-order valence-electron chi connectivity index (χ4n) is 1.96. The topological polar surface area (TPSA) is 79.3 Å². The minimum atomic E-state index is -1.15. The normalized spacial score (nSPS) is 10.1. The number of nitrogens with one attached hydrogen (secondary N) is 1. The van der Waals surface area contributed by atoms with Gasteiger partial charge in [0, 0.05) is 6.54 Å². The van der Waals surface area contributed by atoms with E-state index in [-0.39, 0.29) is 17.3 Å². The summed E-state index contributed by atoms with van der Waals surface area (Å²) in [5.41, 5.74) is 2.29. The minimum Gasteiger partial charge on any atom is -0.477 e. The molecule has 5 nitrogen and oxygen atoms in total. The van der Waals surface area contributed by atoms with Crippen molar-refractivity contribution >= 4 is 11.9 Å². The quantitative estimate of drug-likeness (QED) is 0.880. The molecule has 0 aliphatic heterocycles. The monoisotopic (exact) mass is 284 g/mol. The summed E-state index contributed by atoms with van der Waals surface area (Å²) in [6, 6.07) is 12.4. The Morgan fingerprint density at radius 3 is 2.57 bits per heavy atom. The van der Waals surface area contributed by atoms with Gasteiger partial charge in [0.25, 0.3) is 5.91 Å². The maximum atomic E-state index is 11.9. The van der Waals surface area contributed by atoms with Gasteiger partial charge in [-0.05, 0) is 31.0 Å². The average molecular weight is 284 g/mol. The highest BCUT2D eigenvalue weighted by Crippen LogP contribution is 2.04. The molecule has 0 radical (unpaired) electrons. The van der Waals surface area contributed by atoms with E-state index in [2.05, 4.69) is 16.4 Å². The first-order chi connectivity index (χ1) is 10.1. The van der Waals surface area contributed by atoms with Gasteiger partial charge in [0.05, 0.1) is 0 Å². The van der Waals surface area contributed by atoms with Crippen LogP contribution in [0.4, 0.5) is 0 Å². The van der Waals surface area contributed by atoms with Crippen molar-refractivity contribution in [1.82, 2.24) is 10.3 Å². The highest BCUT2D eigenvalue weighted by atomic mass is 16.4. The number of rotatable bonds is 5. The highest BCUT2D eigenvalue weighted by Gasteiger charge is 2.10. The molecule has 1 heterocycles. The van der Waals surface area contributed by atoms with Crippen molar-refractivity contribution in [2.24, 2.45) is 0 Å². The minimum absolute atomic E-state index is 0.110. The van der Waals surface area contributed by atoms with E-state index in [4.69, 9.17) is 5.11 Å². The number of hydrogen-bond donors (Lipinski definition) is 2. The fraction of sp³-hybridized carbons (Fsp3) is 0.188. The van der Waals surface area contributed by atoms with Gasteiger partial charge in [-0.25, -0.2) is 9.78 Å². The van der Waals surface area contributed by atoms with E-state index in [0.29, 0.717) is 13.0 Å². The second kappa shape index (κ2) is 6.65. The number of pyridine rings is 1. The molecule has 2 N–H and O–H groups in total. The van der Waals surface area contributed by atoms with Gasteiger partial charge >= 0.3 is 5.97 Å². The van der Waals surface area contributed by atoms with Crippen molar-refractivity contribution in [3.63, 3.8) is 0 Å². The predicted molar refractivity (Wildman–Crippen MR) is 78.4 cm³/mol. The number of nitrogens with zero attached hydrogens (tertiary/aromatic N) is 1. The molecule has 2 rings (SSSR count). The van der Waals surface area contributed by atoms with Crippen LogP contribution in [0.25, 0.3) is 0 Å². The number of aryl methyl sites for hydroxylation is 1. The zero-order valence-corrected chi connectivity index (χ0v) is 11.7. The first-order valence-electron chi connectivity index (χ1n) is 6.60. The van der Waals surface area contributed by atoms with Gasteiger partial charge in [0.15, 0.2) is 0 Å². The molecule has 0 aliphatic rings. The maximum absolute atomic E-state index is 11.9. The molecule has 0 fully saturated rings. The van der Waals surface area contributed by atoms with Crippen molar-refractivity contribution in [2.75, 3.05) is 6.54 Å². The lowest BCUT2D eigenvalue weighted by molar-refractivity contribution is 0.0690. The van der Waals surface area contributed by atoms with E-state index in [0.717, 1.165) is 5.56 Å². The third kappa shape index (κ3) is 4.14. The Bertz CT molecular complexity index is 668. The number of benzene rings is 1. The van der Waals surface area contributed by atoms with E-state index >= 15 is 0 Å². The summed E-state index contributed by atoms with van der Waals surface area (Å²) in [6.45, 7) is 2.49. The van der Waals surface area contributed by atoms with Crippen LogP contribution in [0.15, 0.2) is 42.5 Å². The molecule has 2 aromatic rings. The summed E-state index contributed by atoms with van der Waals surface area (Å²) in [7, 11) is 0. The lowest BCUT2D eigenvalue weighted by Gasteiger charge is -2.06. The lowest BCUT2D eigenvalue weighted by Crippen LogP contribution is -2.27. The van der Waals surface area contributed by atoms with Crippen LogP contribution in [0, 0.1) is 6.92 Å². The van der Waals surface area contributed by atoms with Crippen molar-refractivity contribution in [2.45, 2.75) is 13.3 Å². The molecule has 0 saturated carbocycles. The number of aromatic carboxylic acids is 1. The third-order valence-electron chi connectivity index (χ3n) is 2.98. The summed E-state index contributed by atoms with van der Waals surface area (Å²) in [5.74, 6) is -1.52. The van der Waals surface area contributed by atoms with Crippen LogP contribution in [0.3, 0.4) is 0 Å². The van der Waals surface area contributed by atoms with E-state index < -0.39 is 5.97 Å². The SMILES string of the molecule is Cc1cccc(CCNC(=O)c2cccc(C(=O)O)n2)c1. The molecule has 0 bridgehead atoms. The van der Waals surface area contributed by atoms with Gasteiger partial charge in [-0.15, -0.1) is 0 Å². The van der Waals surface area contributed by atoms with Crippen molar-refractivity contribution < 1.29 is 14.7 Å². The lowest BCUT2D eigenvalue weighted by atomic mass is 10.1. The number of aromatic nitrogens is 1. The van der Waals surface area contributed by atoms with Crippen LogP contribution in [0.1, 0.15) is 32.1 Å². The Balaban J connectivity index is 1.93. The third-order valence-corrected chi connectivity index (χ3v) is 2.98. The predicted octanol–water partition coefficient (Wildman–Crippen LogP) is 2.06. The van der Waals surface area contributed by atoms with Crippen molar-refractivity contribution in [3.05, 3.63) is 65.0 Å². The number of carboxylic acid groups (broad SMARTS) is 1. The molecule has 21 heavy (non-hydrogen) atoms. The van der Waals surface area contributed by atoms with Gasteiger partial charge in [-0.3, -0.25) is 4.79 Å². The zero-order valence-electron chi connectivity index (χ0n) is 11.7. The van der Waals surface area contributed by atoms with Crippen LogP contribution in [0.5, 0.6) is 0 Å². The molecule has 1 aromatic carbocycles. The van der Waals surface area contributed by atoms with E-state index in [1.807, 2.05) is 25.1 Å². The van der Waals surface area contributed by atoms with Gasteiger partial charge < -0.3 is 10.4 Å². The maximum Gasteiger partial charge on any atom is 0.354 e. The van der Waals surface area contributed by atoms with Crippen LogP contribution >= 0.6 is 0 Å². The summed E-state index contributed by atoms with van der Waals surface area (Å²) in [6.07, 6.45) is 0.714. The molecular weight excluding hydrogens is 268 g/mol. The first-order valence-corrected chi connectivity index (χ1v) is 6.60. The number of carbonyl (C=O) groups excluding carboxylic acids is 1. The molecule has 108 valence electrons. The molecule has 5 heteroatoms. The van der Waals surface area contributed by atoms with Crippen LogP contribution in [-0.4, -0.2) is 28.5 Å². The zero-order chi connectivity index (χ0) is 15.2. The Morgan fingerprint density at radius 2 is 1.86 bits per heavy atom. The standard InChI is InChI=1S/C16H16N2O3/c1-11-4-2-5-12(10-11)8-9-17-15(19)13-6-3-7-14(18-13)16(20)21/h2-7,10H,8-9H2,1H3,(H,17,19)(H,20,21). The molecule has 0 aliphatic carbocycles. The summed E-state index contributed by atoms with van der Waals surface area (Å²) in [4.78, 5) is 26.5. The molecule has 0 atom stereocenters. The summed E-state index contributed by atoms with van der Waals surface area (Å²) >= 11 is 0. The second-order valence-corrected chi connectivity index (χ2v) is 4.71. The number of hydrogen-bond acceptors (Lipinski definition) is 3. The van der Waals surface area contributed by atoms with Crippen molar-refractivity contribution in [1.29, 1.82) is 0 Å². The molecule has 1 amide bonds. The molecule has 0 spiro atoms. The second-order valence-electron chi connectivity index (χ2n) is 4.71. The van der Waals surface area contributed by atoms with Crippen LogP contribution < -0.4 is 5.32 Å². The van der Waals surface area contributed by atoms with Gasteiger partial charge in [-0.1, -0.05) is 35.9 Å². The number of carboxylic acids is 1. The average Bonchev–Trinajstić information content (AvgIpc) is 2.47. The Hall–Kier alpha value is -2.69. The largest absolute Gasteiger partial charge is 0.477 e.